The Labute approximate surface area is 166 Å². The van der Waals surface area contributed by atoms with Crippen molar-refractivity contribution >= 4 is 16.6 Å². The topological polar surface area (TPSA) is 57.4 Å². The van der Waals surface area contributed by atoms with Crippen molar-refractivity contribution < 1.29 is 4.42 Å². The maximum absolute atomic E-state index is 5.16. The molecule has 0 amide bonds. The van der Waals surface area contributed by atoms with Gasteiger partial charge in [0.15, 0.2) is 5.82 Å². The number of benzene rings is 1. The molecule has 1 aromatic carbocycles. The van der Waals surface area contributed by atoms with Crippen LogP contribution in [0.1, 0.15) is 13.8 Å². The normalized spacial score (nSPS) is 17.3. The molecule has 1 N–H and O–H groups in total. The summed E-state index contributed by atoms with van der Waals surface area (Å²) in [6, 6.07) is 8.71. The van der Waals surface area contributed by atoms with Gasteiger partial charge >= 0.3 is 0 Å². The highest BCUT2D eigenvalue weighted by molar-refractivity contribution is 5.82. The van der Waals surface area contributed by atoms with Crippen LogP contribution < -0.4 is 5.32 Å². The molecule has 148 valence electrons. The van der Waals surface area contributed by atoms with E-state index in [2.05, 4.69) is 59.2 Å². The highest BCUT2D eigenvalue weighted by Crippen LogP contribution is 2.22. The predicted molar refractivity (Wildman–Crippen MR) is 113 cm³/mol. The van der Waals surface area contributed by atoms with Crippen LogP contribution in [0.4, 0.5) is 5.69 Å². The van der Waals surface area contributed by atoms with E-state index in [1.165, 1.54) is 0 Å². The van der Waals surface area contributed by atoms with Crippen LogP contribution in [0.25, 0.3) is 22.3 Å². The van der Waals surface area contributed by atoms with Crippen molar-refractivity contribution in [2.45, 2.75) is 19.9 Å². The fourth-order valence-corrected chi connectivity index (χ4v) is 3.83. The summed E-state index contributed by atoms with van der Waals surface area (Å²) in [6.45, 7) is 10.1. The lowest BCUT2D eigenvalue weighted by Crippen LogP contribution is -2.52. The summed E-state index contributed by atoms with van der Waals surface area (Å²) in [5.74, 6) is 1.29. The summed E-state index contributed by atoms with van der Waals surface area (Å²) in [5, 5.41) is 4.69. The predicted octanol–water partition coefficient (Wildman–Crippen LogP) is 3.57. The number of piperazine rings is 1. The van der Waals surface area contributed by atoms with E-state index in [1.807, 2.05) is 12.3 Å². The molecule has 2 aromatic heterocycles. The molecule has 1 aliphatic heterocycles. The smallest absolute Gasteiger partial charge is 0.163 e. The van der Waals surface area contributed by atoms with Crippen molar-refractivity contribution in [1.82, 2.24) is 19.8 Å². The Morgan fingerprint density at radius 1 is 1.14 bits per heavy atom. The maximum Gasteiger partial charge on any atom is 0.163 e. The minimum absolute atomic E-state index is 0.524. The first-order chi connectivity index (χ1) is 13.6. The van der Waals surface area contributed by atoms with Gasteiger partial charge in [-0.3, -0.25) is 4.90 Å². The second-order valence-electron chi connectivity index (χ2n) is 8.01. The molecule has 0 bridgehead atoms. The van der Waals surface area contributed by atoms with E-state index in [0.29, 0.717) is 17.8 Å². The van der Waals surface area contributed by atoms with Crippen molar-refractivity contribution in [2.24, 2.45) is 5.92 Å². The third kappa shape index (κ3) is 4.18. The monoisotopic (exact) mass is 379 g/mol. The zero-order valence-corrected chi connectivity index (χ0v) is 16.9. The molecule has 0 radical (unpaired) electrons. The zero-order chi connectivity index (χ0) is 19.5. The molecule has 1 aliphatic rings. The Morgan fingerprint density at radius 3 is 2.68 bits per heavy atom. The molecule has 28 heavy (non-hydrogen) atoms. The first kappa shape index (κ1) is 18.9. The van der Waals surface area contributed by atoms with Crippen LogP contribution in [0.5, 0.6) is 0 Å². The van der Waals surface area contributed by atoms with E-state index in [0.717, 1.165) is 54.9 Å². The van der Waals surface area contributed by atoms with Crippen LogP contribution in [0.2, 0.25) is 0 Å². The average Bonchev–Trinajstić information content (AvgIpc) is 3.23. The third-order valence-corrected chi connectivity index (χ3v) is 5.65. The number of fused-ring (bicyclic) bond motifs is 1. The number of hydrogen-bond acceptors (Lipinski definition) is 6. The first-order valence-electron chi connectivity index (χ1n) is 10.1. The Bertz CT molecular complexity index is 900. The summed E-state index contributed by atoms with van der Waals surface area (Å²) < 4.78 is 5.16. The molecular weight excluding hydrogens is 350 g/mol. The Morgan fingerprint density at radius 2 is 1.96 bits per heavy atom. The molecule has 1 fully saturated rings. The van der Waals surface area contributed by atoms with Crippen LogP contribution >= 0.6 is 0 Å². The van der Waals surface area contributed by atoms with Crippen LogP contribution in [-0.4, -0.2) is 65.6 Å². The molecule has 1 unspecified atom stereocenters. The quantitative estimate of drug-likeness (QED) is 0.707. The highest BCUT2D eigenvalue weighted by atomic mass is 16.3. The molecule has 3 heterocycles. The van der Waals surface area contributed by atoms with Gasteiger partial charge in [-0.1, -0.05) is 13.8 Å². The van der Waals surface area contributed by atoms with Crippen molar-refractivity contribution in [1.29, 1.82) is 0 Å². The second kappa shape index (κ2) is 8.29. The summed E-state index contributed by atoms with van der Waals surface area (Å²) >= 11 is 0. The van der Waals surface area contributed by atoms with E-state index in [-0.39, 0.29) is 0 Å². The number of hydrogen-bond donors (Lipinski definition) is 1. The van der Waals surface area contributed by atoms with Gasteiger partial charge in [0.25, 0.3) is 0 Å². The molecule has 0 spiro atoms. The van der Waals surface area contributed by atoms with Crippen molar-refractivity contribution in [3.63, 3.8) is 0 Å². The highest BCUT2D eigenvalue weighted by Gasteiger charge is 2.24. The van der Waals surface area contributed by atoms with Gasteiger partial charge in [0.1, 0.15) is 6.26 Å². The molecule has 1 saturated heterocycles. The van der Waals surface area contributed by atoms with Gasteiger partial charge in [-0.15, -0.1) is 0 Å². The third-order valence-electron chi connectivity index (χ3n) is 5.65. The lowest BCUT2D eigenvalue weighted by molar-refractivity contribution is 0.0944. The van der Waals surface area contributed by atoms with Crippen LogP contribution in [-0.2, 0) is 0 Å². The Hall–Kier alpha value is -2.44. The lowest BCUT2D eigenvalue weighted by atomic mass is 10.0. The van der Waals surface area contributed by atoms with E-state index < -0.39 is 0 Å². The minimum atomic E-state index is 0.524. The van der Waals surface area contributed by atoms with Gasteiger partial charge in [-0.25, -0.2) is 9.97 Å². The molecule has 3 aromatic rings. The van der Waals surface area contributed by atoms with E-state index >= 15 is 0 Å². The van der Waals surface area contributed by atoms with Gasteiger partial charge in [0.05, 0.1) is 17.3 Å². The number of furan rings is 1. The molecular formula is C22H29N5O. The Balaban J connectivity index is 1.48. The van der Waals surface area contributed by atoms with Gasteiger partial charge in [-0.05, 0) is 37.2 Å². The van der Waals surface area contributed by atoms with E-state index in [9.17, 15) is 0 Å². The van der Waals surface area contributed by atoms with Crippen LogP contribution in [0.15, 0.2) is 47.4 Å². The number of aromatic nitrogens is 2. The zero-order valence-electron chi connectivity index (χ0n) is 16.9. The van der Waals surface area contributed by atoms with E-state index in [1.54, 1.807) is 12.5 Å². The largest absolute Gasteiger partial charge is 0.472 e. The van der Waals surface area contributed by atoms with Gasteiger partial charge in [0.2, 0.25) is 0 Å². The fourth-order valence-electron chi connectivity index (χ4n) is 3.83. The second-order valence-corrected chi connectivity index (χ2v) is 8.01. The molecule has 6 nitrogen and oxygen atoms in total. The van der Waals surface area contributed by atoms with Gasteiger partial charge in [-0.2, -0.15) is 0 Å². The number of likely N-dealkylation sites (N-methyl/N-ethyl adjacent to an activating group) is 1. The molecule has 4 rings (SSSR count). The minimum Gasteiger partial charge on any atom is -0.472 e. The maximum atomic E-state index is 5.16. The van der Waals surface area contributed by atoms with Crippen LogP contribution in [0.3, 0.4) is 0 Å². The van der Waals surface area contributed by atoms with Crippen molar-refractivity contribution in [3.8, 4) is 11.4 Å². The van der Waals surface area contributed by atoms with Crippen LogP contribution in [0, 0.1) is 5.92 Å². The number of nitrogens with one attached hydrogen (secondary N) is 1. The standard InChI is InChI=1S/C22H29N5O/c1-16(2)21(27-9-7-26(3)8-10-27)14-23-19-5-4-17-13-24-22(25-20(17)12-19)18-6-11-28-15-18/h4-6,11-13,15-16,21,23H,7-10,14H2,1-3H3. The Kier molecular flexibility index (Phi) is 5.59. The summed E-state index contributed by atoms with van der Waals surface area (Å²) in [6.07, 6.45) is 5.19. The molecule has 0 aliphatic carbocycles. The lowest BCUT2D eigenvalue weighted by Gasteiger charge is -2.40. The summed E-state index contributed by atoms with van der Waals surface area (Å²) in [5.41, 5.74) is 2.94. The van der Waals surface area contributed by atoms with E-state index in [4.69, 9.17) is 9.40 Å². The number of anilines is 1. The average molecular weight is 380 g/mol. The number of rotatable bonds is 6. The fraction of sp³-hybridized carbons (Fsp3) is 0.455. The summed E-state index contributed by atoms with van der Waals surface area (Å²) in [4.78, 5) is 14.2. The first-order valence-corrected chi connectivity index (χ1v) is 10.1. The van der Waals surface area contributed by atoms with Gasteiger partial charge < -0.3 is 14.6 Å². The van der Waals surface area contributed by atoms with Gasteiger partial charge in [0, 0.05) is 56.0 Å². The summed E-state index contributed by atoms with van der Waals surface area (Å²) in [7, 11) is 2.20. The molecule has 1 atom stereocenters. The molecule has 6 heteroatoms. The van der Waals surface area contributed by atoms with Crippen molar-refractivity contribution in [2.75, 3.05) is 45.1 Å². The van der Waals surface area contributed by atoms with Crippen molar-refractivity contribution in [3.05, 3.63) is 43.0 Å². The molecule has 0 saturated carbocycles. The number of nitrogens with zero attached hydrogens (tertiary/aromatic N) is 4. The SMILES string of the molecule is CC(C)C(CNc1ccc2cnc(-c3ccoc3)nc2c1)N1CCN(C)CC1.